The molecular formula is C19H17N3O5. The SMILES string of the molecule is O=C1Cc2nc(=O)n([C@H]3C[C@H](O)[C@@H](CO)O3)cc2-c2cc3ccccc3n21. The molecule has 27 heavy (non-hydrogen) atoms. The fourth-order valence-electron chi connectivity index (χ4n) is 3.95. The number of fused-ring (bicyclic) bond motifs is 5. The summed E-state index contributed by atoms with van der Waals surface area (Å²) < 4.78 is 8.57. The standard InChI is InChI=1S/C19H17N3O5/c23-9-16-15(24)7-18(27-16)21-8-11-12(20-19(21)26)6-17(25)22-13-4-2-1-3-10(13)5-14(11)22/h1-5,8,15-16,18,23-24H,6-7,9H2/t15-,16+,18+/m0/s1. The Morgan fingerprint density at radius 3 is 2.85 bits per heavy atom. The van der Waals surface area contributed by atoms with Crippen molar-refractivity contribution in [2.24, 2.45) is 0 Å². The van der Waals surface area contributed by atoms with Crippen molar-refractivity contribution in [3.05, 3.63) is 52.7 Å². The van der Waals surface area contributed by atoms with Gasteiger partial charge in [-0.05, 0) is 12.1 Å². The van der Waals surface area contributed by atoms with Gasteiger partial charge in [0.05, 0.1) is 36.0 Å². The molecule has 8 nitrogen and oxygen atoms in total. The summed E-state index contributed by atoms with van der Waals surface area (Å²) in [6.07, 6.45) is -0.420. The van der Waals surface area contributed by atoms with Gasteiger partial charge in [-0.15, -0.1) is 0 Å². The number of carbonyl (C=O) groups excluding carboxylic acids is 1. The third kappa shape index (κ3) is 2.38. The average molecular weight is 367 g/mol. The normalized spacial score (nSPS) is 24.2. The van der Waals surface area contributed by atoms with E-state index < -0.39 is 24.1 Å². The summed E-state index contributed by atoms with van der Waals surface area (Å²) >= 11 is 0. The van der Waals surface area contributed by atoms with E-state index in [0.29, 0.717) is 17.0 Å². The molecule has 1 saturated heterocycles. The van der Waals surface area contributed by atoms with Crippen LogP contribution in [0.15, 0.2) is 41.3 Å². The smallest absolute Gasteiger partial charge is 0.349 e. The molecule has 0 radical (unpaired) electrons. The number of aliphatic hydroxyl groups is 2. The van der Waals surface area contributed by atoms with Crippen LogP contribution in [-0.4, -0.2) is 49.1 Å². The maximum atomic E-state index is 12.6. The van der Waals surface area contributed by atoms with E-state index in [0.717, 1.165) is 10.9 Å². The Hall–Kier alpha value is -2.81. The van der Waals surface area contributed by atoms with Crippen molar-refractivity contribution in [3.63, 3.8) is 0 Å². The molecule has 1 aromatic carbocycles. The third-order valence-corrected chi connectivity index (χ3v) is 5.28. The first kappa shape index (κ1) is 16.4. The van der Waals surface area contributed by atoms with Crippen molar-refractivity contribution in [2.75, 3.05) is 6.61 Å². The molecule has 0 bridgehead atoms. The molecular weight excluding hydrogens is 350 g/mol. The molecule has 0 spiro atoms. The predicted molar refractivity (Wildman–Crippen MR) is 95.4 cm³/mol. The second-order valence-electron chi connectivity index (χ2n) is 6.90. The summed E-state index contributed by atoms with van der Waals surface area (Å²) in [5, 5.41) is 20.2. The first-order valence-corrected chi connectivity index (χ1v) is 8.77. The summed E-state index contributed by atoms with van der Waals surface area (Å²) in [5.41, 5.74) is 2.08. The molecule has 2 aromatic heterocycles. The highest BCUT2D eigenvalue weighted by Crippen LogP contribution is 2.35. The zero-order valence-electron chi connectivity index (χ0n) is 14.3. The fourth-order valence-corrected chi connectivity index (χ4v) is 3.95. The van der Waals surface area contributed by atoms with Gasteiger partial charge in [-0.3, -0.25) is 13.9 Å². The van der Waals surface area contributed by atoms with Crippen molar-refractivity contribution in [1.82, 2.24) is 14.1 Å². The van der Waals surface area contributed by atoms with Gasteiger partial charge in [0.2, 0.25) is 5.91 Å². The molecule has 3 atom stereocenters. The molecule has 4 heterocycles. The van der Waals surface area contributed by atoms with Crippen molar-refractivity contribution in [2.45, 2.75) is 31.3 Å². The Balaban J connectivity index is 1.67. The minimum absolute atomic E-state index is 0.0461. The van der Waals surface area contributed by atoms with Gasteiger partial charge in [0, 0.05) is 23.6 Å². The van der Waals surface area contributed by atoms with E-state index in [-0.39, 0.29) is 25.4 Å². The summed E-state index contributed by atoms with van der Waals surface area (Å²) in [6.45, 7) is -0.326. The van der Waals surface area contributed by atoms with Gasteiger partial charge in [0.25, 0.3) is 0 Å². The number of hydrogen-bond acceptors (Lipinski definition) is 6. The van der Waals surface area contributed by atoms with E-state index in [4.69, 9.17) is 4.74 Å². The van der Waals surface area contributed by atoms with Gasteiger partial charge in [-0.1, -0.05) is 18.2 Å². The minimum atomic E-state index is -0.851. The second kappa shape index (κ2) is 5.85. The molecule has 3 aromatic rings. The maximum absolute atomic E-state index is 12.6. The maximum Gasteiger partial charge on any atom is 0.349 e. The van der Waals surface area contributed by atoms with Crippen molar-refractivity contribution in [1.29, 1.82) is 0 Å². The van der Waals surface area contributed by atoms with Gasteiger partial charge in [0.15, 0.2) is 0 Å². The van der Waals surface area contributed by atoms with Crippen LogP contribution in [0.5, 0.6) is 0 Å². The molecule has 2 aliphatic heterocycles. The molecule has 0 saturated carbocycles. The number of aliphatic hydroxyl groups excluding tert-OH is 2. The quantitative estimate of drug-likeness (QED) is 0.691. The first-order chi connectivity index (χ1) is 13.1. The van der Waals surface area contributed by atoms with Crippen LogP contribution in [0.1, 0.15) is 23.1 Å². The molecule has 5 rings (SSSR count). The number of carbonyl (C=O) groups is 1. The van der Waals surface area contributed by atoms with Crippen LogP contribution in [-0.2, 0) is 11.2 Å². The van der Waals surface area contributed by atoms with E-state index in [9.17, 15) is 19.8 Å². The zero-order valence-corrected chi connectivity index (χ0v) is 14.3. The van der Waals surface area contributed by atoms with Crippen LogP contribution in [0, 0.1) is 0 Å². The number of hydrogen-bond donors (Lipinski definition) is 2. The van der Waals surface area contributed by atoms with Gasteiger partial charge >= 0.3 is 5.69 Å². The lowest BCUT2D eigenvalue weighted by Gasteiger charge is -2.21. The van der Waals surface area contributed by atoms with Crippen molar-refractivity contribution >= 4 is 16.8 Å². The summed E-state index contributed by atoms with van der Waals surface area (Å²) in [5.74, 6) is -0.128. The van der Waals surface area contributed by atoms with Crippen LogP contribution in [0.4, 0.5) is 0 Å². The summed E-state index contributed by atoms with van der Waals surface area (Å²) in [4.78, 5) is 29.2. The molecule has 138 valence electrons. The Kier molecular flexibility index (Phi) is 3.55. The number of nitrogens with zero attached hydrogens (tertiary/aromatic N) is 3. The highest BCUT2D eigenvalue weighted by molar-refractivity contribution is 6.01. The van der Waals surface area contributed by atoms with Gasteiger partial charge in [0.1, 0.15) is 12.3 Å². The molecule has 2 aliphatic rings. The largest absolute Gasteiger partial charge is 0.394 e. The van der Waals surface area contributed by atoms with E-state index in [1.165, 1.54) is 4.57 Å². The fraction of sp³-hybridized carbons (Fsp3) is 0.316. The van der Waals surface area contributed by atoms with Crippen LogP contribution < -0.4 is 5.69 Å². The van der Waals surface area contributed by atoms with Gasteiger partial charge < -0.3 is 14.9 Å². The lowest BCUT2D eigenvalue weighted by Crippen LogP contribution is -2.31. The Morgan fingerprint density at radius 1 is 1.26 bits per heavy atom. The van der Waals surface area contributed by atoms with Crippen LogP contribution in [0.25, 0.3) is 22.2 Å². The average Bonchev–Trinajstić information content (AvgIpc) is 3.22. The molecule has 2 N–H and O–H groups in total. The van der Waals surface area contributed by atoms with E-state index in [2.05, 4.69) is 4.98 Å². The van der Waals surface area contributed by atoms with Crippen LogP contribution in [0.3, 0.4) is 0 Å². The number of aromatic nitrogens is 3. The highest BCUT2D eigenvalue weighted by Gasteiger charge is 2.36. The van der Waals surface area contributed by atoms with E-state index in [1.807, 2.05) is 30.3 Å². The van der Waals surface area contributed by atoms with Crippen molar-refractivity contribution < 1.29 is 19.7 Å². The predicted octanol–water partition coefficient (Wildman–Crippen LogP) is 0.702. The van der Waals surface area contributed by atoms with Crippen molar-refractivity contribution in [3.8, 4) is 11.3 Å². The summed E-state index contributed by atoms with van der Waals surface area (Å²) in [6, 6.07) is 9.50. The second-order valence-corrected chi connectivity index (χ2v) is 6.90. The van der Waals surface area contributed by atoms with E-state index >= 15 is 0 Å². The molecule has 0 aliphatic carbocycles. The van der Waals surface area contributed by atoms with Crippen LogP contribution >= 0.6 is 0 Å². The minimum Gasteiger partial charge on any atom is -0.394 e. The Labute approximate surface area is 153 Å². The topological polar surface area (TPSA) is 107 Å². The lowest BCUT2D eigenvalue weighted by atomic mass is 10.1. The van der Waals surface area contributed by atoms with Gasteiger partial charge in [-0.25, -0.2) is 4.79 Å². The Morgan fingerprint density at radius 2 is 2.07 bits per heavy atom. The molecule has 0 amide bonds. The van der Waals surface area contributed by atoms with Crippen LogP contribution in [0.2, 0.25) is 0 Å². The molecule has 0 unspecified atom stereocenters. The molecule has 8 heteroatoms. The monoisotopic (exact) mass is 367 g/mol. The highest BCUT2D eigenvalue weighted by atomic mass is 16.5. The number of rotatable bonds is 2. The number of benzene rings is 1. The van der Waals surface area contributed by atoms with E-state index in [1.54, 1.807) is 10.8 Å². The summed E-state index contributed by atoms with van der Waals surface area (Å²) in [7, 11) is 0. The number of ether oxygens (including phenoxy) is 1. The van der Waals surface area contributed by atoms with Gasteiger partial charge in [-0.2, -0.15) is 4.98 Å². The Bertz CT molecular complexity index is 1130. The lowest BCUT2D eigenvalue weighted by molar-refractivity contribution is -0.0458. The first-order valence-electron chi connectivity index (χ1n) is 8.77. The number of para-hydroxylation sites is 1. The third-order valence-electron chi connectivity index (χ3n) is 5.28. The zero-order chi connectivity index (χ0) is 18.7. The molecule has 1 fully saturated rings.